The Morgan fingerprint density at radius 3 is 2.66 bits per heavy atom. The summed E-state index contributed by atoms with van der Waals surface area (Å²) in [6, 6.07) is 15.6. The molecule has 0 radical (unpaired) electrons. The molecule has 6 rings (SSSR count). The summed E-state index contributed by atoms with van der Waals surface area (Å²) in [4.78, 5) is 28.6. The van der Waals surface area contributed by atoms with Crippen molar-refractivity contribution in [1.29, 1.82) is 0 Å². The number of amides is 1. The van der Waals surface area contributed by atoms with Gasteiger partial charge in [-0.15, -0.1) is 0 Å². The highest BCUT2D eigenvalue weighted by atomic mass is 16.5. The van der Waals surface area contributed by atoms with Gasteiger partial charge >= 0.3 is 5.63 Å². The van der Waals surface area contributed by atoms with Crippen LogP contribution < -0.4 is 10.4 Å². The van der Waals surface area contributed by atoms with Gasteiger partial charge in [0.05, 0.1) is 11.6 Å². The van der Waals surface area contributed by atoms with Crippen LogP contribution >= 0.6 is 0 Å². The minimum absolute atomic E-state index is 0.00924. The summed E-state index contributed by atoms with van der Waals surface area (Å²) in [7, 11) is 0. The number of aryl methyl sites for hydroxylation is 1. The van der Waals surface area contributed by atoms with E-state index in [0.29, 0.717) is 30.7 Å². The number of ether oxygens (including phenoxy) is 1. The molecule has 4 atom stereocenters. The van der Waals surface area contributed by atoms with E-state index >= 15 is 0 Å². The Morgan fingerprint density at radius 1 is 1.08 bits per heavy atom. The minimum Gasteiger partial charge on any atom is -0.480 e. The molecule has 200 valence electrons. The third-order valence-electron chi connectivity index (χ3n) is 9.11. The van der Waals surface area contributed by atoms with Gasteiger partial charge in [0.1, 0.15) is 11.3 Å². The largest absolute Gasteiger partial charge is 0.480 e. The quantitative estimate of drug-likeness (QED) is 0.440. The molecule has 38 heavy (non-hydrogen) atoms. The summed E-state index contributed by atoms with van der Waals surface area (Å²) in [6.45, 7) is 2.46. The normalized spacial score (nSPS) is 25.9. The molecule has 1 aliphatic heterocycles. The standard InChI is InChI=1S/C32H37NO5/c1-2-27(37-22-15-16-24-23-12-6-7-13-25(23)31(35)38-28(24)20-22)30(34)33-19-18-32(36)17-9-8-14-26(32)29(33)21-10-4-3-5-11-21/h3-5,10-11,15-16,20,26-27,29,36H,2,6-9,12-14,17-19H2,1H3/t26-,27-,29-,32+/m0/s1. The number of nitrogens with zero attached hydrogens (tertiary/aromatic N) is 1. The number of aliphatic hydroxyl groups is 1. The maximum absolute atomic E-state index is 14.1. The number of rotatable bonds is 5. The van der Waals surface area contributed by atoms with Crippen LogP contribution in [-0.2, 0) is 17.6 Å². The first-order valence-corrected chi connectivity index (χ1v) is 14.3. The first kappa shape index (κ1) is 25.2. The van der Waals surface area contributed by atoms with Crippen molar-refractivity contribution in [2.24, 2.45) is 5.92 Å². The second-order valence-corrected chi connectivity index (χ2v) is 11.3. The minimum atomic E-state index is -0.729. The molecule has 1 N–H and O–H groups in total. The third-order valence-corrected chi connectivity index (χ3v) is 9.11. The molecule has 3 aromatic rings. The van der Waals surface area contributed by atoms with E-state index < -0.39 is 11.7 Å². The van der Waals surface area contributed by atoms with Gasteiger partial charge in [0.25, 0.3) is 5.91 Å². The van der Waals surface area contributed by atoms with Crippen LogP contribution in [0.5, 0.6) is 5.75 Å². The third kappa shape index (κ3) is 4.43. The average molecular weight is 516 g/mol. The van der Waals surface area contributed by atoms with Crippen molar-refractivity contribution in [1.82, 2.24) is 4.90 Å². The zero-order valence-corrected chi connectivity index (χ0v) is 22.2. The lowest BCUT2D eigenvalue weighted by Gasteiger charge is -2.53. The Morgan fingerprint density at radius 2 is 1.87 bits per heavy atom. The Bertz CT molecular complexity index is 1380. The molecule has 2 aromatic carbocycles. The molecule has 3 aliphatic rings. The van der Waals surface area contributed by atoms with Crippen LogP contribution in [0, 0.1) is 5.92 Å². The Kier molecular flexibility index (Phi) is 6.77. The topological polar surface area (TPSA) is 80.0 Å². The summed E-state index contributed by atoms with van der Waals surface area (Å²) in [5.74, 6) is 0.481. The zero-order chi connectivity index (χ0) is 26.3. The van der Waals surface area contributed by atoms with Crippen molar-refractivity contribution in [3.63, 3.8) is 0 Å². The van der Waals surface area contributed by atoms with Gasteiger partial charge < -0.3 is 19.2 Å². The summed E-state index contributed by atoms with van der Waals surface area (Å²) in [5, 5.41) is 12.5. The van der Waals surface area contributed by atoms with Gasteiger partial charge in [-0.25, -0.2) is 4.79 Å². The van der Waals surface area contributed by atoms with E-state index in [0.717, 1.165) is 73.4 Å². The lowest BCUT2D eigenvalue weighted by Crippen LogP contribution is -2.58. The van der Waals surface area contributed by atoms with Crippen LogP contribution in [0.4, 0.5) is 0 Å². The lowest BCUT2D eigenvalue weighted by atomic mass is 9.66. The van der Waals surface area contributed by atoms with E-state index in [4.69, 9.17) is 9.15 Å². The van der Waals surface area contributed by atoms with Crippen molar-refractivity contribution in [2.75, 3.05) is 6.54 Å². The molecule has 1 aromatic heterocycles. The maximum Gasteiger partial charge on any atom is 0.339 e. The predicted octanol–water partition coefficient (Wildman–Crippen LogP) is 5.72. The van der Waals surface area contributed by atoms with E-state index in [1.165, 1.54) is 0 Å². The predicted molar refractivity (Wildman–Crippen MR) is 146 cm³/mol. The average Bonchev–Trinajstić information content (AvgIpc) is 2.95. The van der Waals surface area contributed by atoms with Gasteiger partial charge in [0, 0.05) is 29.5 Å². The molecule has 1 amide bonds. The van der Waals surface area contributed by atoms with Crippen LogP contribution in [0.25, 0.3) is 11.0 Å². The molecule has 6 nitrogen and oxygen atoms in total. The molecule has 0 bridgehead atoms. The molecule has 0 unspecified atom stereocenters. The number of benzene rings is 2. The Labute approximate surface area is 223 Å². The fraction of sp³-hybridized carbons (Fsp3) is 0.500. The van der Waals surface area contributed by atoms with Gasteiger partial charge in [0.15, 0.2) is 6.10 Å². The number of hydrogen-bond donors (Lipinski definition) is 1. The summed E-state index contributed by atoms with van der Waals surface area (Å²) >= 11 is 0. The number of likely N-dealkylation sites (tertiary alicyclic amines) is 1. The van der Waals surface area contributed by atoms with Crippen LogP contribution in [-0.4, -0.2) is 34.2 Å². The Balaban J connectivity index is 1.29. The number of carbonyl (C=O) groups is 1. The zero-order valence-electron chi connectivity index (χ0n) is 22.2. The van der Waals surface area contributed by atoms with Crippen LogP contribution in [0.1, 0.15) is 81.0 Å². The molecule has 1 saturated heterocycles. The van der Waals surface area contributed by atoms with Gasteiger partial charge in [-0.05, 0) is 74.6 Å². The molecule has 2 aliphatic carbocycles. The second-order valence-electron chi connectivity index (χ2n) is 11.3. The molecule has 2 fully saturated rings. The molecule has 1 saturated carbocycles. The SMILES string of the molecule is CC[C@H](Oc1ccc2c3c(c(=O)oc2c1)CCCC3)C(=O)N1CC[C@]2(O)CCCC[C@H]2[C@@H]1c1ccccc1. The molecule has 6 heteroatoms. The number of piperidine rings is 1. The molecular weight excluding hydrogens is 478 g/mol. The van der Waals surface area contributed by atoms with E-state index in [1.54, 1.807) is 6.07 Å². The second kappa shape index (κ2) is 10.2. The van der Waals surface area contributed by atoms with Gasteiger partial charge in [0.2, 0.25) is 0 Å². The van der Waals surface area contributed by atoms with Crippen molar-refractivity contribution in [2.45, 2.75) is 88.9 Å². The molecular formula is C32H37NO5. The highest BCUT2D eigenvalue weighted by molar-refractivity contribution is 5.84. The first-order valence-electron chi connectivity index (χ1n) is 14.3. The van der Waals surface area contributed by atoms with Gasteiger partial charge in [-0.2, -0.15) is 0 Å². The first-order chi connectivity index (χ1) is 18.5. The van der Waals surface area contributed by atoms with Crippen molar-refractivity contribution >= 4 is 16.9 Å². The Hall–Kier alpha value is -3.12. The summed E-state index contributed by atoms with van der Waals surface area (Å²) in [6.07, 6.45) is 7.99. The van der Waals surface area contributed by atoms with Crippen LogP contribution in [0.15, 0.2) is 57.7 Å². The van der Waals surface area contributed by atoms with Crippen LogP contribution in [0.2, 0.25) is 0 Å². The smallest absolute Gasteiger partial charge is 0.339 e. The van der Waals surface area contributed by atoms with Crippen LogP contribution in [0.3, 0.4) is 0 Å². The number of hydrogen-bond acceptors (Lipinski definition) is 5. The summed E-state index contributed by atoms with van der Waals surface area (Å²) < 4.78 is 12.0. The molecule has 0 spiro atoms. The fourth-order valence-corrected chi connectivity index (χ4v) is 7.15. The lowest BCUT2D eigenvalue weighted by molar-refractivity contribution is -0.161. The number of fused-ring (bicyclic) bond motifs is 4. The van der Waals surface area contributed by atoms with E-state index in [-0.39, 0.29) is 23.5 Å². The van der Waals surface area contributed by atoms with Gasteiger partial charge in [-0.3, -0.25) is 4.79 Å². The summed E-state index contributed by atoms with van der Waals surface area (Å²) in [5.41, 5.74) is 2.50. The fourth-order valence-electron chi connectivity index (χ4n) is 7.15. The molecule has 2 heterocycles. The van der Waals surface area contributed by atoms with Crippen molar-refractivity contribution < 1.29 is 19.1 Å². The highest BCUT2D eigenvalue weighted by Gasteiger charge is 2.50. The maximum atomic E-state index is 14.1. The van der Waals surface area contributed by atoms with E-state index in [1.807, 2.05) is 42.2 Å². The highest BCUT2D eigenvalue weighted by Crippen LogP contribution is 2.49. The number of carbonyl (C=O) groups excluding carboxylic acids is 1. The monoisotopic (exact) mass is 515 g/mol. The van der Waals surface area contributed by atoms with E-state index in [9.17, 15) is 14.7 Å². The van der Waals surface area contributed by atoms with Crippen molar-refractivity contribution in [3.8, 4) is 5.75 Å². The van der Waals surface area contributed by atoms with Gasteiger partial charge in [-0.1, -0.05) is 50.1 Å². The van der Waals surface area contributed by atoms with Crippen molar-refractivity contribution in [3.05, 3.63) is 75.6 Å². The van der Waals surface area contributed by atoms with E-state index in [2.05, 4.69) is 12.1 Å².